The lowest BCUT2D eigenvalue weighted by Crippen LogP contribution is -2.48. The number of fused-ring (bicyclic) bond motifs is 1. The van der Waals surface area contributed by atoms with Crippen LogP contribution in [0.4, 0.5) is 42.5 Å². The standard InChI is InChI=1S/C23H28F6N4O3/c1-14-18(31-8-6-30(7-9-31)15(2)34)4-3-5-19(14)32-10-16-12-33(13-17(16)11-32)21(35)36-20(22(24,25)26)23(27,28)29/h3-5,16-17,20H,6-13H2,1-2H3. The first-order chi connectivity index (χ1) is 16.8. The molecule has 0 bridgehead atoms. The van der Waals surface area contributed by atoms with Crippen molar-refractivity contribution in [2.24, 2.45) is 11.8 Å². The van der Waals surface area contributed by atoms with E-state index in [1.165, 1.54) is 0 Å². The lowest BCUT2D eigenvalue weighted by atomic mass is 10.0. The molecular weight excluding hydrogens is 494 g/mol. The van der Waals surface area contributed by atoms with Crippen LogP contribution in [-0.2, 0) is 9.53 Å². The molecule has 0 aliphatic carbocycles. The Morgan fingerprint density at radius 2 is 1.33 bits per heavy atom. The van der Waals surface area contributed by atoms with Gasteiger partial charge in [0, 0.05) is 82.5 Å². The molecule has 3 heterocycles. The van der Waals surface area contributed by atoms with Gasteiger partial charge in [-0.05, 0) is 24.6 Å². The molecule has 3 aliphatic rings. The molecule has 0 saturated carbocycles. The van der Waals surface area contributed by atoms with E-state index in [9.17, 15) is 35.9 Å². The molecule has 2 atom stereocenters. The maximum atomic E-state index is 12.7. The maximum Gasteiger partial charge on any atom is 0.434 e. The highest BCUT2D eigenvalue weighted by Gasteiger charge is 2.60. The van der Waals surface area contributed by atoms with Gasteiger partial charge < -0.3 is 24.3 Å². The fraction of sp³-hybridized carbons (Fsp3) is 0.652. The van der Waals surface area contributed by atoms with Crippen molar-refractivity contribution in [2.75, 3.05) is 62.2 Å². The molecule has 3 saturated heterocycles. The average molecular weight is 522 g/mol. The van der Waals surface area contributed by atoms with E-state index in [0.29, 0.717) is 39.3 Å². The number of halogens is 6. The van der Waals surface area contributed by atoms with Crippen molar-refractivity contribution in [1.29, 1.82) is 0 Å². The summed E-state index contributed by atoms with van der Waals surface area (Å²) >= 11 is 0. The third-order valence-electron chi connectivity index (χ3n) is 7.24. The number of anilines is 2. The maximum absolute atomic E-state index is 12.7. The number of hydrogen-bond acceptors (Lipinski definition) is 5. The van der Waals surface area contributed by atoms with Crippen LogP contribution in [0.5, 0.6) is 0 Å². The molecular formula is C23H28F6N4O3. The Morgan fingerprint density at radius 1 is 0.833 bits per heavy atom. The van der Waals surface area contributed by atoms with Crippen LogP contribution in [0.15, 0.2) is 18.2 Å². The first-order valence-corrected chi connectivity index (χ1v) is 11.7. The molecule has 0 N–H and O–H groups in total. The van der Waals surface area contributed by atoms with Gasteiger partial charge >= 0.3 is 18.4 Å². The highest BCUT2D eigenvalue weighted by molar-refractivity contribution is 5.74. The van der Waals surface area contributed by atoms with Crippen LogP contribution in [0.25, 0.3) is 0 Å². The second-order valence-electron chi connectivity index (χ2n) is 9.59. The van der Waals surface area contributed by atoms with Crippen molar-refractivity contribution >= 4 is 23.4 Å². The zero-order chi connectivity index (χ0) is 26.4. The van der Waals surface area contributed by atoms with Crippen LogP contribution in [0.3, 0.4) is 0 Å². The lowest BCUT2D eigenvalue weighted by Gasteiger charge is -2.37. The van der Waals surface area contributed by atoms with Crippen molar-refractivity contribution in [2.45, 2.75) is 32.3 Å². The summed E-state index contributed by atoms with van der Waals surface area (Å²) in [4.78, 5) is 30.9. The van der Waals surface area contributed by atoms with Gasteiger partial charge in [-0.3, -0.25) is 4.79 Å². The summed E-state index contributed by atoms with van der Waals surface area (Å²) in [5, 5.41) is 0. The predicted molar refractivity (Wildman–Crippen MR) is 119 cm³/mol. The van der Waals surface area contributed by atoms with Crippen molar-refractivity contribution < 1.29 is 40.7 Å². The second-order valence-corrected chi connectivity index (χ2v) is 9.59. The molecule has 4 rings (SSSR count). The third-order valence-corrected chi connectivity index (χ3v) is 7.24. The summed E-state index contributed by atoms with van der Waals surface area (Å²) in [5.74, 6) is -0.126. The Balaban J connectivity index is 1.38. The van der Waals surface area contributed by atoms with Gasteiger partial charge in [0.05, 0.1) is 0 Å². The van der Waals surface area contributed by atoms with Crippen LogP contribution in [0, 0.1) is 18.8 Å². The van der Waals surface area contributed by atoms with E-state index in [0.717, 1.165) is 21.8 Å². The number of alkyl halides is 6. The van der Waals surface area contributed by atoms with Gasteiger partial charge in [-0.2, -0.15) is 26.3 Å². The van der Waals surface area contributed by atoms with E-state index in [1.54, 1.807) is 11.8 Å². The van der Waals surface area contributed by atoms with Crippen LogP contribution < -0.4 is 9.80 Å². The number of nitrogens with zero attached hydrogens (tertiary/aromatic N) is 4. The lowest BCUT2D eigenvalue weighted by molar-refractivity contribution is -0.308. The van der Waals surface area contributed by atoms with E-state index >= 15 is 0 Å². The van der Waals surface area contributed by atoms with Crippen LogP contribution in [0.2, 0.25) is 0 Å². The van der Waals surface area contributed by atoms with Crippen LogP contribution >= 0.6 is 0 Å². The minimum Gasteiger partial charge on any atom is -0.426 e. The number of piperazine rings is 1. The van der Waals surface area contributed by atoms with Crippen molar-refractivity contribution in [3.8, 4) is 0 Å². The fourth-order valence-electron chi connectivity index (χ4n) is 5.39. The Bertz CT molecular complexity index is 965. The molecule has 1 aromatic carbocycles. The van der Waals surface area contributed by atoms with E-state index in [1.807, 2.05) is 25.1 Å². The Kier molecular flexibility index (Phi) is 6.95. The average Bonchev–Trinajstić information content (AvgIpc) is 3.35. The predicted octanol–water partition coefficient (Wildman–Crippen LogP) is 3.66. The molecule has 0 aromatic heterocycles. The minimum atomic E-state index is -5.73. The second kappa shape index (κ2) is 9.55. The summed E-state index contributed by atoms with van der Waals surface area (Å²) < 4.78 is 80.4. The number of amides is 2. The van der Waals surface area contributed by atoms with Gasteiger partial charge in [-0.1, -0.05) is 6.07 Å². The van der Waals surface area contributed by atoms with Crippen LogP contribution in [0.1, 0.15) is 12.5 Å². The summed E-state index contributed by atoms with van der Waals surface area (Å²) in [5.41, 5.74) is 3.12. The highest BCUT2D eigenvalue weighted by Crippen LogP contribution is 2.40. The number of likely N-dealkylation sites (tertiary alicyclic amines) is 1. The molecule has 36 heavy (non-hydrogen) atoms. The largest absolute Gasteiger partial charge is 0.434 e. The zero-order valence-corrected chi connectivity index (χ0v) is 19.9. The summed E-state index contributed by atoms with van der Waals surface area (Å²) in [6.07, 6.45) is -17.2. The van der Waals surface area contributed by atoms with E-state index in [4.69, 9.17) is 0 Å². The van der Waals surface area contributed by atoms with Crippen molar-refractivity contribution in [3.63, 3.8) is 0 Å². The molecule has 0 spiro atoms. The smallest absolute Gasteiger partial charge is 0.426 e. The fourth-order valence-corrected chi connectivity index (χ4v) is 5.39. The van der Waals surface area contributed by atoms with E-state index < -0.39 is 24.5 Å². The summed E-state index contributed by atoms with van der Waals surface area (Å²) in [7, 11) is 0. The van der Waals surface area contributed by atoms with Gasteiger partial charge in [0.1, 0.15) is 0 Å². The molecule has 13 heteroatoms. The molecule has 0 radical (unpaired) electrons. The number of hydrogen-bond donors (Lipinski definition) is 0. The number of carbonyl (C=O) groups excluding carboxylic acids is 2. The molecule has 3 aliphatic heterocycles. The Morgan fingerprint density at radius 3 is 1.81 bits per heavy atom. The van der Waals surface area contributed by atoms with Crippen molar-refractivity contribution in [1.82, 2.24) is 9.80 Å². The molecule has 2 amide bonds. The number of carbonyl (C=O) groups is 2. The third kappa shape index (κ3) is 5.29. The normalized spacial score (nSPS) is 22.9. The quantitative estimate of drug-likeness (QED) is 0.568. The molecule has 7 nitrogen and oxygen atoms in total. The van der Waals surface area contributed by atoms with Gasteiger partial charge in [0.2, 0.25) is 5.91 Å². The monoisotopic (exact) mass is 522 g/mol. The van der Waals surface area contributed by atoms with E-state index in [-0.39, 0.29) is 30.8 Å². The van der Waals surface area contributed by atoms with Gasteiger partial charge in [-0.25, -0.2) is 4.79 Å². The summed E-state index contributed by atoms with van der Waals surface area (Å²) in [6.45, 7) is 7.39. The first kappa shape index (κ1) is 26.2. The molecule has 200 valence electrons. The Labute approximate surface area is 204 Å². The number of ether oxygens (including phenoxy) is 1. The first-order valence-electron chi connectivity index (χ1n) is 11.7. The molecule has 1 aromatic rings. The van der Waals surface area contributed by atoms with Crippen LogP contribution in [-0.4, -0.2) is 92.6 Å². The molecule has 2 unspecified atom stereocenters. The van der Waals surface area contributed by atoms with Gasteiger partial charge in [-0.15, -0.1) is 0 Å². The number of benzene rings is 1. The number of rotatable bonds is 3. The summed E-state index contributed by atoms with van der Waals surface area (Å²) in [6, 6.07) is 5.95. The van der Waals surface area contributed by atoms with Gasteiger partial charge in [0.15, 0.2) is 0 Å². The van der Waals surface area contributed by atoms with Crippen molar-refractivity contribution in [3.05, 3.63) is 23.8 Å². The topological polar surface area (TPSA) is 56.3 Å². The van der Waals surface area contributed by atoms with E-state index in [2.05, 4.69) is 14.5 Å². The van der Waals surface area contributed by atoms with Gasteiger partial charge in [0.25, 0.3) is 6.10 Å². The minimum absolute atomic E-state index is 0.0359. The zero-order valence-electron chi connectivity index (χ0n) is 19.9. The highest BCUT2D eigenvalue weighted by atomic mass is 19.4. The molecule has 3 fully saturated rings. The SMILES string of the molecule is CC(=O)N1CCN(c2cccc(N3CC4CN(C(=O)OC(C(F)(F)F)C(F)(F)F)CC4C3)c2C)CC1. The Hall–Kier alpha value is -2.86.